The number of β-amino-alcohol motifs (C(OH)–C–C–N with tert-alkyl or cyclic N) is 1. The molecule has 1 N–H and O–H groups in total. The summed E-state index contributed by atoms with van der Waals surface area (Å²) in [4.78, 5) is 33.8. The van der Waals surface area contributed by atoms with Crippen LogP contribution in [0.1, 0.15) is 60.6 Å². The molecule has 8 nitrogen and oxygen atoms in total. The molecule has 2 saturated heterocycles. The fraction of sp³-hybridized carbons (Fsp3) is 0.600. The number of hydrogen-bond acceptors (Lipinski definition) is 7. The lowest BCUT2D eigenvalue weighted by Gasteiger charge is -2.32. The lowest BCUT2D eigenvalue weighted by molar-refractivity contribution is 0.0664. The summed E-state index contributed by atoms with van der Waals surface area (Å²) in [6.45, 7) is 6.51. The molecule has 0 aliphatic carbocycles. The minimum atomic E-state index is -0.350. The van der Waals surface area contributed by atoms with E-state index in [1.54, 1.807) is 17.2 Å². The molecule has 2 atom stereocenters. The van der Waals surface area contributed by atoms with E-state index in [1.165, 1.54) is 16.0 Å². The van der Waals surface area contributed by atoms with Gasteiger partial charge in [0.05, 0.1) is 29.0 Å². The number of nitrogens with zero attached hydrogens (tertiary/aromatic N) is 5. The molecule has 0 saturated carbocycles. The summed E-state index contributed by atoms with van der Waals surface area (Å²) in [5.41, 5.74) is 1.07. The predicted octanol–water partition coefficient (Wildman–Crippen LogP) is 1.87. The topological polar surface area (TPSA) is 91.6 Å². The first-order valence-electron chi connectivity index (χ1n) is 10.2. The van der Waals surface area contributed by atoms with Crippen LogP contribution in [-0.2, 0) is 0 Å². The van der Waals surface area contributed by atoms with Crippen molar-refractivity contribution in [2.24, 2.45) is 0 Å². The molecule has 156 valence electrons. The summed E-state index contributed by atoms with van der Waals surface area (Å²) in [6, 6.07) is 1.45. The van der Waals surface area contributed by atoms with Crippen molar-refractivity contribution in [1.29, 1.82) is 0 Å². The fourth-order valence-corrected chi connectivity index (χ4v) is 4.79. The summed E-state index contributed by atoms with van der Waals surface area (Å²) in [6.07, 6.45) is 3.68. The van der Waals surface area contributed by atoms with Crippen LogP contribution in [0.3, 0.4) is 0 Å². The van der Waals surface area contributed by atoms with Crippen LogP contribution in [0.5, 0.6) is 0 Å². The lowest BCUT2D eigenvalue weighted by Crippen LogP contribution is -2.43. The van der Waals surface area contributed by atoms with Gasteiger partial charge >= 0.3 is 0 Å². The van der Waals surface area contributed by atoms with Gasteiger partial charge in [0.1, 0.15) is 5.69 Å². The first kappa shape index (κ1) is 20.0. The minimum absolute atomic E-state index is 0.0754. The molecule has 0 aromatic carbocycles. The van der Waals surface area contributed by atoms with Crippen LogP contribution >= 0.6 is 11.3 Å². The van der Waals surface area contributed by atoms with Crippen molar-refractivity contribution in [2.45, 2.75) is 51.2 Å². The highest BCUT2D eigenvalue weighted by Gasteiger charge is 2.29. The van der Waals surface area contributed by atoms with E-state index in [-0.39, 0.29) is 23.6 Å². The maximum Gasteiger partial charge on any atom is 0.273 e. The third-order valence-corrected chi connectivity index (χ3v) is 6.75. The van der Waals surface area contributed by atoms with Crippen molar-refractivity contribution < 1.29 is 9.90 Å². The Kier molecular flexibility index (Phi) is 5.69. The number of rotatable bonds is 4. The Labute approximate surface area is 173 Å². The Morgan fingerprint density at radius 2 is 2.10 bits per heavy atom. The molecule has 0 spiro atoms. The van der Waals surface area contributed by atoms with Crippen LogP contribution in [0.4, 0.5) is 5.69 Å². The van der Waals surface area contributed by atoms with Gasteiger partial charge in [-0.25, -0.2) is 9.67 Å². The van der Waals surface area contributed by atoms with Gasteiger partial charge in [0, 0.05) is 43.5 Å². The van der Waals surface area contributed by atoms with E-state index in [0.717, 1.165) is 30.1 Å². The first-order chi connectivity index (χ1) is 13.9. The highest BCUT2D eigenvalue weighted by Crippen LogP contribution is 2.24. The SMILES string of the molecule is CC(C)c1nc(C(=O)N2CCC[C@H](n3ncc(N4CC[C@H](O)C4)cc3=O)C2)cs1. The zero-order valence-corrected chi connectivity index (χ0v) is 17.6. The quantitative estimate of drug-likeness (QED) is 0.817. The summed E-state index contributed by atoms with van der Waals surface area (Å²) < 4.78 is 1.50. The van der Waals surface area contributed by atoms with Gasteiger partial charge in [-0.3, -0.25) is 9.59 Å². The van der Waals surface area contributed by atoms with Crippen LogP contribution in [-0.4, -0.2) is 63.0 Å². The summed E-state index contributed by atoms with van der Waals surface area (Å²) in [5, 5.41) is 16.9. The molecule has 2 aliphatic heterocycles. The molecule has 4 heterocycles. The number of likely N-dealkylation sites (tertiary alicyclic amines) is 1. The monoisotopic (exact) mass is 417 g/mol. The molecule has 0 unspecified atom stereocenters. The average molecular weight is 418 g/mol. The van der Waals surface area contributed by atoms with Gasteiger partial charge < -0.3 is 14.9 Å². The summed E-state index contributed by atoms with van der Waals surface area (Å²) in [5.74, 6) is 0.224. The Bertz CT molecular complexity index is 940. The van der Waals surface area contributed by atoms with Gasteiger partial charge in [-0.1, -0.05) is 13.8 Å². The number of aromatic nitrogens is 3. The van der Waals surface area contributed by atoms with Crippen LogP contribution in [0.15, 0.2) is 22.4 Å². The van der Waals surface area contributed by atoms with Gasteiger partial charge in [-0.15, -0.1) is 11.3 Å². The molecule has 29 heavy (non-hydrogen) atoms. The van der Waals surface area contributed by atoms with Gasteiger partial charge in [0.2, 0.25) is 0 Å². The first-order valence-corrected chi connectivity index (χ1v) is 11.1. The van der Waals surface area contributed by atoms with Crippen LogP contribution in [0, 0.1) is 0 Å². The molecule has 1 amide bonds. The molecule has 2 fully saturated rings. The van der Waals surface area contributed by atoms with Crippen molar-refractivity contribution in [3.63, 3.8) is 0 Å². The lowest BCUT2D eigenvalue weighted by atomic mass is 10.1. The molecule has 4 rings (SSSR count). The maximum atomic E-state index is 12.9. The summed E-state index contributed by atoms with van der Waals surface area (Å²) >= 11 is 1.51. The average Bonchev–Trinajstić information content (AvgIpc) is 3.37. The van der Waals surface area contributed by atoms with Crippen LogP contribution < -0.4 is 10.5 Å². The highest BCUT2D eigenvalue weighted by atomic mass is 32.1. The Balaban J connectivity index is 1.48. The maximum absolute atomic E-state index is 12.9. The van der Waals surface area contributed by atoms with Crippen LogP contribution in [0.25, 0.3) is 0 Å². The number of anilines is 1. The number of hydrogen-bond donors (Lipinski definition) is 1. The molecule has 0 radical (unpaired) electrons. The van der Waals surface area contributed by atoms with E-state index < -0.39 is 0 Å². The van der Waals surface area contributed by atoms with Gasteiger partial charge in [0.15, 0.2) is 0 Å². The molecular formula is C20H27N5O3S. The molecule has 0 bridgehead atoms. The normalized spacial score (nSPS) is 22.5. The predicted molar refractivity (Wildman–Crippen MR) is 112 cm³/mol. The minimum Gasteiger partial charge on any atom is -0.391 e. The van der Waals surface area contributed by atoms with E-state index in [2.05, 4.69) is 23.9 Å². The second-order valence-corrected chi connectivity index (χ2v) is 9.05. The molecule has 2 aromatic heterocycles. The van der Waals surface area contributed by atoms with E-state index in [1.807, 2.05) is 10.3 Å². The molecule has 9 heteroatoms. The van der Waals surface area contributed by atoms with Crippen molar-refractivity contribution in [3.05, 3.63) is 38.7 Å². The Morgan fingerprint density at radius 3 is 2.76 bits per heavy atom. The van der Waals surface area contributed by atoms with Crippen molar-refractivity contribution >= 4 is 22.9 Å². The van der Waals surface area contributed by atoms with Crippen molar-refractivity contribution in [3.8, 4) is 0 Å². The van der Waals surface area contributed by atoms with Crippen molar-refractivity contribution in [1.82, 2.24) is 19.7 Å². The fourth-order valence-electron chi connectivity index (χ4n) is 3.98. The standard InChI is InChI=1S/C20H27N5O3S/c1-13(2)19-22-17(12-29-19)20(28)24-6-3-4-14(10-24)25-18(27)8-15(9-21-25)23-7-5-16(26)11-23/h8-9,12-14,16,26H,3-7,10-11H2,1-2H3/t14-,16-/m0/s1. The number of amides is 1. The third-order valence-electron chi connectivity index (χ3n) is 5.60. The largest absolute Gasteiger partial charge is 0.391 e. The third kappa shape index (κ3) is 4.20. The highest BCUT2D eigenvalue weighted by molar-refractivity contribution is 7.09. The number of carbonyl (C=O) groups is 1. The van der Waals surface area contributed by atoms with E-state index >= 15 is 0 Å². The zero-order chi connectivity index (χ0) is 20.5. The number of thiazole rings is 1. The number of carbonyl (C=O) groups excluding carboxylic acids is 1. The van der Waals surface area contributed by atoms with Gasteiger partial charge in [-0.05, 0) is 19.3 Å². The second-order valence-electron chi connectivity index (χ2n) is 8.16. The Morgan fingerprint density at radius 1 is 1.28 bits per heavy atom. The number of aliphatic hydroxyl groups excluding tert-OH is 1. The smallest absolute Gasteiger partial charge is 0.273 e. The van der Waals surface area contributed by atoms with Crippen molar-refractivity contribution in [2.75, 3.05) is 31.1 Å². The van der Waals surface area contributed by atoms with E-state index in [4.69, 9.17) is 0 Å². The molecule has 2 aliphatic rings. The van der Waals surface area contributed by atoms with Crippen LogP contribution in [0.2, 0.25) is 0 Å². The van der Waals surface area contributed by atoms with Gasteiger partial charge in [0.25, 0.3) is 11.5 Å². The zero-order valence-electron chi connectivity index (χ0n) is 16.8. The molecule has 2 aromatic rings. The number of aliphatic hydroxyl groups is 1. The van der Waals surface area contributed by atoms with E-state index in [0.29, 0.717) is 37.7 Å². The number of piperidine rings is 1. The summed E-state index contributed by atoms with van der Waals surface area (Å²) in [7, 11) is 0. The Hall–Kier alpha value is -2.26. The second kappa shape index (κ2) is 8.23. The van der Waals surface area contributed by atoms with E-state index in [9.17, 15) is 14.7 Å². The molecular weight excluding hydrogens is 390 g/mol. The van der Waals surface area contributed by atoms with Gasteiger partial charge in [-0.2, -0.15) is 5.10 Å².